The van der Waals surface area contributed by atoms with Crippen LogP contribution >= 0.6 is 0 Å². The molecule has 0 aliphatic heterocycles. The zero-order valence-corrected chi connectivity index (χ0v) is 8.66. The largest absolute Gasteiger partial charge is 0.540 e. The quantitative estimate of drug-likeness (QED) is 0.531. The number of hydrogen-bond donors (Lipinski definition) is 0. The van der Waals surface area contributed by atoms with Crippen LogP contribution in [0.4, 0.5) is 0 Å². The Hall–Kier alpha value is -1.54. The van der Waals surface area contributed by atoms with E-state index in [1.807, 2.05) is 24.3 Å². The van der Waals surface area contributed by atoms with Crippen LogP contribution in [0.2, 0.25) is 0 Å². The van der Waals surface area contributed by atoms with Crippen molar-refractivity contribution in [2.24, 2.45) is 0 Å². The van der Waals surface area contributed by atoms with Crippen molar-refractivity contribution in [3.63, 3.8) is 0 Å². The van der Waals surface area contributed by atoms with Gasteiger partial charge in [-0.3, -0.25) is 0 Å². The first-order valence-corrected chi connectivity index (χ1v) is 4.74. The number of fused-ring (bicyclic) bond motifs is 1. The van der Waals surface area contributed by atoms with Crippen molar-refractivity contribution in [3.8, 4) is 0 Å². The summed E-state index contributed by atoms with van der Waals surface area (Å²) in [6.45, 7) is 3.82. The standard InChI is InChI=1S/C12H9OSi/c1-9(13-14)11-8-4-6-10-5-2-3-7-12(10)11/h2-8H,1H2. The number of rotatable bonds is 2. The van der Waals surface area contributed by atoms with E-state index in [2.05, 4.69) is 35.3 Å². The van der Waals surface area contributed by atoms with Crippen molar-refractivity contribution in [1.29, 1.82) is 0 Å². The fourth-order valence-corrected chi connectivity index (χ4v) is 1.63. The van der Waals surface area contributed by atoms with Gasteiger partial charge in [0, 0.05) is 5.56 Å². The van der Waals surface area contributed by atoms with Gasteiger partial charge in [-0.05, 0) is 10.8 Å². The summed E-state index contributed by atoms with van der Waals surface area (Å²) in [7, 11) is 2.99. The van der Waals surface area contributed by atoms with Gasteiger partial charge in [-0.2, -0.15) is 0 Å². The molecular weight excluding hydrogens is 188 g/mol. The second kappa shape index (κ2) is 3.68. The van der Waals surface area contributed by atoms with E-state index < -0.39 is 0 Å². The van der Waals surface area contributed by atoms with Crippen molar-refractivity contribution in [3.05, 3.63) is 54.6 Å². The highest BCUT2D eigenvalue weighted by atomic mass is 28.2. The highest BCUT2D eigenvalue weighted by Crippen LogP contribution is 2.23. The first-order chi connectivity index (χ1) is 6.83. The predicted octanol–water partition coefficient (Wildman–Crippen LogP) is 2.91. The van der Waals surface area contributed by atoms with Crippen molar-refractivity contribution in [2.45, 2.75) is 0 Å². The van der Waals surface area contributed by atoms with Crippen LogP contribution in [0.25, 0.3) is 16.5 Å². The highest BCUT2D eigenvalue weighted by molar-refractivity contribution is 6.03. The summed E-state index contributed by atoms with van der Waals surface area (Å²) < 4.78 is 4.96. The van der Waals surface area contributed by atoms with Gasteiger partial charge in [0.2, 0.25) is 0 Å². The molecule has 0 spiro atoms. The third-order valence-electron chi connectivity index (χ3n) is 2.21. The second-order valence-corrected chi connectivity index (χ2v) is 3.26. The summed E-state index contributed by atoms with van der Waals surface area (Å²) in [6.07, 6.45) is 0. The van der Waals surface area contributed by atoms with Crippen LogP contribution in [0, 0.1) is 0 Å². The van der Waals surface area contributed by atoms with Gasteiger partial charge in [0.25, 0.3) is 0 Å². The minimum Gasteiger partial charge on any atom is -0.540 e. The van der Waals surface area contributed by atoms with E-state index in [1.54, 1.807) is 0 Å². The molecule has 1 nitrogen and oxygen atoms in total. The number of benzene rings is 2. The molecule has 0 N–H and O–H groups in total. The van der Waals surface area contributed by atoms with Crippen LogP contribution < -0.4 is 0 Å². The van der Waals surface area contributed by atoms with Crippen molar-refractivity contribution in [2.75, 3.05) is 0 Å². The molecule has 0 bridgehead atoms. The summed E-state index contributed by atoms with van der Waals surface area (Å²) in [5.74, 6) is 0.624. The SMILES string of the molecule is C=C(O[Si])c1cccc2ccccc12. The van der Waals surface area contributed by atoms with E-state index in [0.29, 0.717) is 5.76 Å². The van der Waals surface area contributed by atoms with Gasteiger partial charge < -0.3 is 4.43 Å². The van der Waals surface area contributed by atoms with Crippen LogP contribution in [-0.4, -0.2) is 10.5 Å². The topological polar surface area (TPSA) is 9.23 Å². The molecule has 2 aromatic rings. The van der Waals surface area contributed by atoms with Crippen LogP contribution in [-0.2, 0) is 4.43 Å². The van der Waals surface area contributed by atoms with Gasteiger partial charge in [0.1, 0.15) is 5.76 Å². The highest BCUT2D eigenvalue weighted by Gasteiger charge is 2.02. The maximum atomic E-state index is 4.96. The molecule has 0 aliphatic rings. The Balaban J connectivity index is 2.71. The zero-order valence-electron chi connectivity index (χ0n) is 7.66. The third-order valence-corrected chi connectivity index (χ3v) is 2.46. The molecule has 0 saturated carbocycles. The molecule has 0 aromatic heterocycles. The summed E-state index contributed by atoms with van der Waals surface area (Å²) in [4.78, 5) is 0. The lowest BCUT2D eigenvalue weighted by molar-refractivity contribution is 0.575. The van der Waals surface area contributed by atoms with Gasteiger partial charge in [0.05, 0.1) is 0 Å². The van der Waals surface area contributed by atoms with Gasteiger partial charge in [0.15, 0.2) is 0 Å². The zero-order chi connectivity index (χ0) is 9.97. The lowest BCUT2D eigenvalue weighted by atomic mass is 10.0. The maximum absolute atomic E-state index is 4.96. The summed E-state index contributed by atoms with van der Waals surface area (Å²) in [5.41, 5.74) is 1.01. The molecule has 0 fully saturated rings. The Labute approximate surface area is 86.6 Å². The van der Waals surface area contributed by atoms with E-state index in [9.17, 15) is 0 Å². The lowest BCUT2D eigenvalue weighted by Crippen LogP contribution is -1.87. The number of hydrogen-bond acceptors (Lipinski definition) is 1. The first-order valence-electron chi connectivity index (χ1n) is 4.33. The fraction of sp³-hybridized carbons (Fsp3) is 0. The molecule has 14 heavy (non-hydrogen) atoms. The maximum Gasteiger partial charge on any atom is 0.341 e. The van der Waals surface area contributed by atoms with Gasteiger partial charge in [-0.1, -0.05) is 49.0 Å². The first kappa shape index (κ1) is 9.03. The monoisotopic (exact) mass is 197 g/mol. The van der Waals surface area contributed by atoms with E-state index >= 15 is 0 Å². The van der Waals surface area contributed by atoms with Gasteiger partial charge in [-0.15, -0.1) is 0 Å². The Morgan fingerprint density at radius 3 is 2.57 bits per heavy atom. The second-order valence-electron chi connectivity index (χ2n) is 3.05. The molecule has 0 saturated heterocycles. The summed E-state index contributed by atoms with van der Waals surface area (Å²) >= 11 is 0. The molecule has 2 heteroatoms. The van der Waals surface area contributed by atoms with E-state index in [1.165, 1.54) is 5.39 Å². The molecule has 2 rings (SSSR count). The van der Waals surface area contributed by atoms with E-state index in [4.69, 9.17) is 4.43 Å². The molecule has 0 unspecified atom stereocenters. The van der Waals surface area contributed by atoms with Crippen LogP contribution in [0.1, 0.15) is 5.56 Å². The third kappa shape index (κ3) is 1.44. The minimum absolute atomic E-state index is 0.624. The minimum atomic E-state index is 0.624. The normalized spacial score (nSPS) is 10.1. The Morgan fingerprint density at radius 1 is 1.07 bits per heavy atom. The Kier molecular flexibility index (Phi) is 2.37. The molecule has 0 atom stereocenters. The molecule has 3 radical (unpaired) electrons. The lowest BCUT2D eigenvalue weighted by Gasteiger charge is -2.07. The van der Waals surface area contributed by atoms with E-state index in [-0.39, 0.29) is 0 Å². The van der Waals surface area contributed by atoms with Crippen LogP contribution in [0.5, 0.6) is 0 Å². The summed E-state index contributed by atoms with van der Waals surface area (Å²) in [6, 6.07) is 14.2. The molecule has 0 amide bonds. The fourth-order valence-electron chi connectivity index (χ4n) is 1.52. The van der Waals surface area contributed by atoms with Gasteiger partial charge in [-0.25, -0.2) is 0 Å². The van der Waals surface area contributed by atoms with E-state index in [0.717, 1.165) is 10.9 Å². The van der Waals surface area contributed by atoms with Crippen molar-refractivity contribution in [1.82, 2.24) is 0 Å². The molecule has 67 valence electrons. The average Bonchev–Trinajstić information content (AvgIpc) is 2.27. The molecular formula is C12H9OSi. The predicted molar refractivity (Wildman–Crippen MR) is 59.8 cm³/mol. The average molecular weight is 197 g/mol. The molecule has 0 heterocycles. The Bertz CT molecular complexity index is 471. The van der Waals surface area contributed by atoms with Crippen molar-refractivity contribution >= 4 is 27.0 Å². The molecule has 0 aliphatic carbocycles. The van der Waals surface area contributed by atoms with Crippen LogP contribution in [0.15, 0.2) is 49.0 Å². The smallest absolute Gasteiger partial charge is 0.341 e. The molecule has 2 aromatic carbocycles. The van der Waals surface area contributed by atoms with Crippen LogP contribution in [0.3, 0.4) is 0 Å². The summed E-state index contributed by atoms with van der Waals surface area (Å²) in [5, 5.41) is 2.34. The Morgan fingerprint density at radius 2 is 1.79 bits per heavy atom. The van der Waals surface area contributed by atoms with Crippen molar-refractivity contribution < 1.29 is 4.43 Å². The van der Waals surface area contributed by atoms with Gasteiger partial charge >= 0.3 is 10.5 Å².